The number of carbonyl (C=O) groups excluding carboxylic acids is 4. The first-order chi connectivity index (χ1) is 49.5. The van der Waals surface area contributed by atoms with Crippen LogP contribution in [0.4, 0.5) is 0 Å². The van der Waals surface area contributed by atoms with E-state index in [-0.39, 0.29) is 25.7 Å². The van der Waals surface area contributed by atoms with Crippen LogP contribution in [0.3, 0.4) is 0 Å². The molecule has 0 saturated heterocycles. The molecule has 19 heteroatoms. The maximum Gasteiger partial charge on any atom is 0.472 e. The van der Waals surface area contributed by atoms with Gasteiger partial charge >= 0.3 is 39.5 Å². The summed E-state index contributed by atoms with van der Waals surface area (Å²) in [6.45, 7) is 7.35. The molecule has 0 fully saturated rings. The van der Waals surface area contributed by atoms with Gasteiger partial charge in [0.25, 0.3) is 0 Å². The quantitative estimate of drug-likeness (QED) is 0.0222. The van der Waals surface area contributed by atoms with E-state index in [1.165, 1.54) is 270 Å². The monoisotopic (exact) mass is 1490 g/mol. The van der Waals surface area contributed by atoms with Gasteiger partial charge in [-0.05, 0) is 31.6 Å². The van der Waals surface area contributed by atoms with E-state index in [4.69, 9.17) is 37.0 Å². The van der Waals surface area contributed by atoms with Crippen LogP contribution in [0.2, 0.25) is 0 Å². The minimum atomic E-state index is -4.96. The van der Waals surface area contributed by atoms with Crippen molar-refractivity contribution in [3.8, 4) is 0 Å². The van der Waals surface area contributed by atoms with Crippen molar-refractivity contribution in [2.75, 3.05) is 39.6 Å². The molecular formula is C83H162O17P2. The van der Waals surface area contributed by atoms with E-state index in [0.717, 1.165) is 95.8 Å². The van der Waals surface area contributed by atoms with Crippen LogP contribution in [0, 0.1) is 5.92 Å². The maximum atomic E-state index is 13.1. The van der Waals surface area contributed by atoms with Gasteiger partial charge in [-0.25, -0.2) is 9.13 Å². The average Bonchev–Trinajstić information content (AvgIpc) is 0.918. The first-order valence-corrected chi connectivity index (χ1v) is 46.1. The largest absolute Gasteiger partial charge is 0.472 e. The van der Waals surface area contributed by atoms with Crippen molar-refractivity contribution in [1.29, 1.82) is 0 Å². The highest BCUT2D eigenvalue weighted by molar-refractivity contribution is 7.47. The standard InChI is InChI=1S/C83H162O17P2/c1-6-9-12-15-18-21-24-27-29-31-32-34-36-38-43-48-53-58-63-68-82(87)99-78(73-94-81(86)67-62-57-52-47-42-37-35-33-30-28-25-22-19-16-13-10-7-2)74-97-101(89,90)95-70-77(84)71-96-102(91,92)98-75-79(72-93-80(85)66-61-56-51-46-41-26-23-20-17-14-11-8-3)100-83(88)69-64-59-54-49-44-39-40-45-50-55-60-65-76(4)5/h76-79,84H,6-75H2,1-5H3,(H,89,90)(H,91,92)/t77-,78-,79-/m1/s1. The molecule has 3 N–H and O–H groups in total. The van der Waals surface area contributed by atoms with Crippen LogP contribution in [-0.2, 0) is 65.4 Å². The van der Waals surface area contributed by atoms with E-state index in [1.54, 1.807) is 0 Å². The summed E-state index contributed by atoms with van der Waals surface area (Å²) in [5.74, 6) is -1.34. The Morgan fingerprint density at radius 3 is 0.667 bits per heavy atom. The normalized spacial score (nSPS) is 13.8. The third-order valence-corrected chi connectivity index (χ3v) is 21.4. The van der Waals surface area contributed by atoms with Crippen LogP contribution in [-0.4, -0.2) is 96.7 Å². The lowest BCUT2D eigenvalue weighted by Crippen LogP contribution is -2.30. The molecule has 5 atom stereocenters. The van der Waals surface area contributed by atoms with E-state index in [2.05, 4.69) is 34.6 Å². The highest BCUT2D eigenvalue weighted by atomic mass is 31.2. The minimum absolute atomic E-state index is 0.107. The minimum Gasteiger partial charge on any atom is -0.462 e. The van der Waals surface area contributed by atoms with Gasteiger partial charge in [0.05, 0.1) is 26.4 Å². The molecule has 0 aliphatic rings. The zero-order valence-corrected chi connectivity index (χ0v) is 68.5. The first kappa shape index (κ1) is 100. The fraction of sp³-hybridized carbons (Fsp3) is 0.952. The average molecular weight is 1490 g/mol. The molecule has 0 heterocycles. The molecule has 17 nitrogen and oxygen atoms in total. The maximum absolute atomic E-state index is 13.1. The Bertz CT molecular complexity index is 1940. The first-order valence-electron chi connectivity index (χ1n) is 43.1. The van der Waals surface area contributed by atoms with Crippen LogP contribution in [0.5, 0.6) is 0 Å². The van der Waals surface area contributed by atoms with E-state index in [9.17, 15) is 43.2 Å². The summed E-state index contributed by atoms with van der Waals surface area (Å²) >= 11 is 0. The SMILES string of the molecule is CCCCCCCCCCCCCCCCCCCCCC(=O)O[C@H](COC(=O)CCCCCCCCCCCCCCCCCCC)COP(=O)(O)OC[C@@H](O)COP(=O)(O)OC[C@@H](COC(=O)CCCCCCCCCCCCCC)OC(=O)CCCCCCCCCCCCCC(C)C. The molecule has 0 saturated carbocycles. The summed E-state index contributed by atoms with van der Waals surface area (Å²) in [5, 5.41) is 10.7. The van der Waals surface area contributed by atoms with Crippen molar-refractivity contribution in [2.24, 2.45) is 5.92 Å². The number of aliphatic hydroxyl groups is 1. The zero-order chi connectivity index (χ0) is 74.8. The van der Waals surface area contributed by atoms with Gasteiger partial charge in [-0.1, -0.05) is 394 Å². The highest BCUT2D eigenvalue weighted by Gasteiger charge is 2.30. The number of esters is 4. The molecule has 0 aliphatic carbocycles. The van der Waals surface area contributed by atoms with Crippen molar-refractivity contribution >= 4 is 39.5 Å². The van der Waals surface area contributed by atoms with Gasteiger partial charge in [0.1, 0.15) is 19.3 Å². The van der Waals surface area contributed by atoms with Gasteiger partial charge in [0.15, 0.2) is 12.2 Å². The van der Waals surface area contributed by atoms with Gasteiger partial charge in [-0.3, -0.25) is 37.3 Å². The predicted molar refractivity (Wildman–Crippen MR) is 418 cm³/mol. The Balaban J connectivity index is 5.25. The van der Waals surface area contributed by atoms with Crippen molar-refractivity contribution in [2.45, 2.75) is 464 Å². The number of hydrogen-bond donors (Lipinski definition) is 3. The van der Waals surface area contributed by atoms with E-state index < -0.39 is 97.5 Å². The van der Waals surface area contributed by atoms with E-state index in [0.29, 0.717) is 25.7 Å². The smallest absolute Gasteiger partial charge is 0.462 e. The Hall–Kier alpha value is -1.94. The Labute approximate surface area is 626 Å². The third kappa shape index (κ3) is 76.3. The van der Waals surface area contributed by atoms with Crippen molar-refractivity contribution in [1.82, 2.24) is 0 Å². The highest BCUT2D eigenvalue weighted by Crippen LogP contribution is 2.45. The lowest BCUT2D eigenvalue weighted by molar-refractivity contribution is -0.161. The van der Waals surface area contributed by atoms with Crippen LogP contribution < -0.4 is 0 Å². The summed E-state index contributed by atoms with van der Waals surface area (Å²) in [4.78, 5) is 73.1. The van der Waals surface area contributed by atoms with Gasteiger partial charge < -0.3 is 33.8 Å². The van der Waals surface area contributed by atoms with Crippen molar-refractivity contribution in [3.63, 3.8) is 0 Å². The van der Waals surface area contributed by atoms with E-state index in [1.807, 2.05) is 0 Å². The molecule has 606 valence electrons. The second kappa shape index (κ2) is 75.9. The van der Waals surface area contributed by atoms with Gasteiger partial charge in [-0.15, -0.1) is 0 Å². The second-order valence-electron chi connectivity index (χ2n) is 30.3. The predicted octanol–water partition coefficient (Wildman–Crippen LogP) is 25.2. The Morgan fingerprint density at radius 1 is 0.265 bits per heavy atom. The fourth-order valence-electron chi connectivity index (χ4n) is 12.9. The summed E-state index contributed by atoms with van der Waals surface area (Å²) in [5.41, 5.74) is 0. The molecule has 0 bridgehead atoms. The number of aliphatic hydroxyl groups excluding tert-OH is 1. The number of ether oxygens (including phenoxy) is 4. The van der Waals surface area contributed by atoms with Crippen molar-refractivity contribution < 1.29 is 80.2 Å². The molecule has 0 spiro atoms. The van der Waals surface area contributed by atoms with Gasteiger partial charge in [-0.2, -0.15) is 0 Å². The topological polar surface area (TPSA) is 237 Å². The van der Waals surface area contributed by atoms with Crippen LogP contribution >= 0.6 is 15.6 Å². The molecule has 0 radical (unpaired) electrons. The van der Waals surface area contributed by atoms with Crippen LogP contribution in [0.25, 0.3) is 0 Å². The van der Waals surface area contributed by atoms with Gasteiger partial charge in [0.2, 0.25) is 0 Å². The molecule has 0 aromatic carbocycles. The number of rotatable bonds is 83. The lowest BCUT2D eigenvalue weighted by atomic mass is 10.0. The fourth-order valence-corrected chi connectivity index (χ4v) is 14.5. The van der Waals surface area contributed by atoms with Gasteiger partial charge in [0, 0.05) is 25.7 Å². The lowest BCUT2D eigenvalue weighted by Gasteiger charge is -2.21. The molecule has 0 amide bonds. The summed E-state index contributed by atoms with van der Waals surface area (Å²) in [6, 6.07) is 0. The number of phosphoric ester groups is 2. The van der Waals surface area contributed by atoms with E-state index >= 15 is 0 Å². The summed E-state index contributed by atoms with van der Waals surface area (Å²) < 4.78 is 68.8. The van der Waals surface area contributed by atoms with Crippen LogP contribution in [0.15, 0.2) is 0 Å². The summed E-state index contributed by atoms with van der Waals surface area (Å²) in [7, 11) is -9.92. The van der Waals surface area contributed by atoms with Crippen LogP contribution in [0.1, 0.15) is 446 Å². The second-order valence-corrected chi connectivity index (χ2v) is 33.3. The third-order valence-electron chi connectivity index (χ3n) is 19.5. The number of carbonyl (C=O) groups is 4. The molecule has 0 aliphatic heterocycles. The molecule has 2 unspecified atom stereocenters. The van der Waals surface area contributed by atoms with Crippen molar-refractivity contribution in [3.05, 3.63) is 0 Å². The number of phosphoric acid groups is 2. The zero-order valence-electron chi connectivity index (χ0n) is 66.8. The Kier molecular flexibility index (Phi) is 74.4. The number of hydrogen-bond acceptors (Lipinski definition) is 15. The molecule has 102 heavy (non-hydrogen) atoms. The molecular weight excluding hydrogens is 1330 g/mol. The molecule has 0 aromatic rings. The summed E-state index contributed by atoms with van der Waals surface area (Å²) in [6.07, 6.45) is 67.9. The number of unbranched alkanes of at least 4 members (excludes halogenated alkanes) is 55. The molecule has 0 aromatic heterocycles. The Morgan fingerprint density at radius 2 is 0.451 bits per heavy atom. The molecule has 0 rings (SSSR count).